The molecule has 1 nitrogen and oxygen atoms in total. The van der Waals surface area contributed by atoms with Crippen LogP contribution >= 0.6 is 11.6 Å². The fraction of sp³-hybridized carbons (Fsp3) is 0.400. The summed E-state index contributed by atoms with van der Waals surface area (Å²) in [5, 5.41) is 0.802. The summed E-state index contributed by atoms with van der Waals surface area (Å²) in [5.41, 5.74) is 2.32. The summed E-state index contributed by atoms with van der Waals surface area (Å²) >= 11 is 6.01. The first-order valence-corrected chi connectivity index (χ1v) is 4.42. The number of ether oxygens (including phenoxy) is 1. The second kappa shape index (κ2) is 4.48. The molecule has 1 aromatic rings. The van der Waals surface area contributed by atoms with E-state index in [4.69, 9.17) is 16.3 Å². The van der Waals surface area contributed by atoms with Crippen molar-refractivity contribution < 1.29 is 4.74 Å². The van der Waals surface area contributed by atoms with Gasteiger partial charge in [0, 0.05) is 12.1 Å². The lowest BCUT2D eigenvalue weighted by Gasteiger charge is -2.04. The molecule has 0 fully saturated rings. The minimum Gasteiger partial charge on any atom is -0.380 e. The van der Waals surface area contributed by atoms with Crippen molar-refractivity contribution in [2.24, 2.45) is 0 Å². The number of hydrogen-bond acceptors (Lipinski definition) is 1. The molecule has 0 aromatic heterocycles. The number of benzene rings is 1. The van der Waals surface area contributed by atoms with Crippen LogP contribution in [-0.4, -0.2) is 7.11 Å². The van der Waals surface area contributed by atoms with Crippen LogP contribution < -0.4 is 0 Å². The Balaban J connectivity index is 2.87. The van der Waals surface area contributed by atoms with E-state index in [-0.39, 0.29) is 0 Å². The zero-order valence-corrected chi connectivity index (χ0v) is 8.19. The van der Waals surface area contributed by atoms with Crippen molar-refractivity contribution in [1.82, 2.24) is 0 Å². The minimum absolute atomic E-state index is 0.586. The Morgan fingerprint density at radius 1 is 1.42 bits per heavy atom. The maximum absolute atomic E-state index is 6.01. The van der Waals surface area contributed by atoms with Crippen LogP contribution in [0.2, 0.25) is 5.02 Å². The lowest BCUT2D eigenvalue weighted by atomic mass is 10.1. The molecule has 0 atom stereocenters. The van der Waals surface area contributed by atoms with Crippen LogP contribution in [0, 0.1) is 0 Å². The SMILES string of the molecule is CCc1ccc(COC)c(Cl)c1. The average Bonchev–Trinajstić information content (AvgIpc) is 2.09. The van der Waals surface area contributed by atoms with E-state index in [1.807, 2.05) is 12.1 Å². The molecule has 2 heteroatoms. The normalized spacial score (nSPS) is 10.2. The molecule has 0 saturated carbocycles. The van der Waals surface area contributed by atoms with E-state index in [1.54, 1.807) is 7.11 Å². The van der Waals surface area contributed by atoms with Crippen LogP contribution in [0.15, 0.2) is 18.2 Å². The predicted octanol–water partition coefficient (Wildman–Crippen LogP) is 3.05. The highest BCUT2D eigenvalue weighted by molar-refractivity contribution is 6.31. The lowest BCUT2D eigenvalue weighted by Crippen LogP contribution is -1.90. The molecule has 12 heavy (non-hydrogen) atoms. The molecule has 0 amide bonds. The van der Waals surface area contributed by atoms with E-state index in [9.17, 15) is 0 Å². The zero-order valence-electron chi connectivity index (χ0n) is 7.43. The summed E-state index contributed by atoms with van der Waals surface area (Å²) in [6.07, 6.45) is 1.02. The maximum atomic E-state index is 6.01. The highest BCUT2D eigenvalue weighted by Crippen LogP contribution is 2.18. The summed E-state index contributed by atoms with van der Waals surface area (Å²) in [4.78, 5) is 0. The van der Waals surface area contributed by atoms with Crippen LogP contribution in [0.3, 0.4) is 0 Å². The van der Waals surface area contributed by atoms with E-state index in [0.29, 0.717) is 6.61 Å². The van der Waals surface area contributed by atoms with Crippen molar-refractivity contribution in [3.05, 3.63) is 34.3 Å². The molecule has 0 radical (unpaired) electrons. The standard InChI is InChI=1S/C10H13ClO/c1-3-8-4-5-9(7-12-2)10(11)6-8/h4-6H,3,7H2,1-2H3. The highest BCUT2D eigenvalue weighted by Gasteiger charge is 1.99. The van der Waals surface area contributed by atoms with Crippen molar-refractivity contribution in [3.63, 3.8) is 0 Å². The molecule has 0 heterocycles. The Labute approximate surface area is 78.3 Å². The number of halogens is 1. The first-order valence-electron chi connectivity index (χ1n) is 4.04. The van der Waals surface area contributed by atoms with Gasteiger partial charge in [-0.1, -0.05) is 30.7 Å². The topological polar surface area (TPSA) is 9.23 Å². The lowest BCUT2D eigenvalue weighted by molar-refractivity contribution is 0.185. The molecule has 0 aliphatic rings. The smallest absolute Gasteiger partial charge is 0.0727 e. The highest BCUT2D eigenvalue weighted by atomic mass is 35.5. The van der Waals surface area contributed by atoms with Crippen LogP contribution in [0.5, 0.6) is 0 Å². The van der Waals surface area contributed by atoms with Gasteiger partial charge in [-0.05, 0) is 23.6 Å². The second-order valence-electron chi connectivity index (χ2n) is 2.71. The average molecular weight is 185 g/mol. The van der Waals surface area contributed by atoms with Gasteiger partial charge in [-0.15, -0.1) is 0 Å². The van der Waals surface area contributed by atoms with Crippen LogP contribution in [0.25, 0.3) is 0 Å². The fourth-order valence-corrected chi connectivity index (χ4v) is 1.34. The molecule has 0 bridgehead atoms. The molecule has 0 unspecified atom stereocenters. The maximum Gasteiger partial charge on any atom is 0.0727 e. The van der Waals surface area contributed by atoms with Crippen LogP contribution in [-0.2, 0) is 17.8 Å². The minimum atomic E-state index is 0.586. The van der Waals surface area contributed by atoms with Gasteiger partial charge < -0.3 is 4.74 Å². The van der Waals surface area contributed by atoms with Gasteiger partial charge in [-0.3, -0.25) is 0 Å². The van der Waals surface area contributed by atoms with Gasteiger partial charge in [-0.2, -0.15) is 0 Å². The van der Waals surface area contributed by atoms with Crippen LogP contribution in [0.4, 0.5) is 0 Å². The summed E-state index contributed by atoms with van der Waals surface area (Å²) in [6, 6.07) is 6.10. The molecule has 66 valence electrons. The molecule has 1 rings (SSSR count). The van der Waals surface area contributed by atoms with Gasteiger partial charge in [0.05, 0.1) is 6.61 Å². The first kappa shape index (κ1) is 9.56. The molecule has 0 aliphatic carbocycles. The third-order valence-electron chi connectivity index (χ3n) is 1.83. The number of methoxy groups -OCH3 is 1. The van der Waals surface area contributed by atoms with Gasteiger partial charge in [-0.25, -0.2) is 0 Å². The van der Waals surface area contributed by atoms with E-state index >= 15 is 0 Å². The van der Waals surface area contributed by atoms with Gasteiger partial charge >= 0.3 is 0 Å². The number of aryl methyl sites for hydroxylation is 1. The largest absolute Gasteiger partial charge is 0.380 e. The predicted molar refractivity (Wildman–Crippen MR) is 51.5 cm³/mol. The summed E-state index contributed by atoms with van der Waals surface area (Å²) in [6.45, 7) is 2.70. The van der Waals surface area contributed by atoms with E-state index in [2.05, 4.69) is 13.0 Å². The van der Waals surface area contributed by atoms with Crippen molar-refractivity contribution in [2.45, 2.75) is 20.0 Å². The van der Waals surface area contributed by atoms with Crippen molar-refractivity contribution in [3.8, 4) is 0 Å². The zero-order chi connectivity index (χ0) is 8.97. The van der Waals surface area contributed by atoms with Crippen molar-refractivity contribution >= 4 is 11.6 Å². The monoisotopic (exact) mass is 184 g/mol. The van der Waals surface area contributed by atoms with E-state index < -0.39 is 0 Å². The molecular formula is C10H13ClO. The number of hydrogen-bond donors (Lipinski definition) is 0. The van der Waals surface area contributed by atoms with E-state index in [0.717, 1.165) is 17.0 Å². The Hall–Kier alpha value is -0.530. The molecule has 0 spiro atoms. The molecule has 1 aromatic carbocycles. The van der Waals surface area contributed by atoms with Crippen LogP contribution in [0.1, 0.15) is 18.1 Å². The Morgan fingerprint density at radius 3 is 2.67 bits per heavy atom. The van der Waals surface area contributed by atoms with Gasteiger partial charge in [0.15, 0.2) is 0 Å². The Bertz CT molecular complexity index is 258. The summed E-state index contributed by atoms with van der Waals surface area (Å²) < 4.78 is 5.00. The molecule has 0 N–H and O–H groups in total. The summed E-state index contributed by atoms with van der Waals surface area (Å²) in [5.74, 6) is 0. The van der Waals surface area contributed by atoms with Crippen molar-refractivity contribution in [1.29, 1.82) is 0 Å². The Morgan fingerprint density at radius 2 is 2.17 bits per heavy atom. The van der Waals surface area contributed by atoms with Gasteiger partial charge in [0.2, 0.25) is 0 Å². The van der Waals surface area contributed by atoms with Gasteiger partial charge in [0.25, 0.3) is 0 Å². The fourth-order valence-electron chi connectivity index (χ4n) is 1.08. The molecule has 0 aliphatic heterocycles. The van der Waals surface area contributed by atoms with Gasteiger partial charge in [0.1, 0.15) is 0 Å². The third-order valence-corrected chi connectivity index (χ3v) is 2.18. The quantitative estimate of drug-likeness (QED) is 0.702. The van der Waals surface area contributed by atoms with Crippen molar-refractivity contribution in [2.75, 3.05) is 7.11 Å². The second-order valence-corrected chi connectivity index (χ2v) is 3.12. The molecule has 0 saturated heterocycles. The van der Waals surface area contributed by atoms with E-state index in [1.165, 1.54) is 5.56 Å². The Kier molecular flexibility index (Phi) is 3.57. The molecular weight excluding hydrogens is 172 g/mol. The summed E-state index contributed by atoms with van der Waals surface area (Å²) in [7, 11) is 1.67. The third kappa shape index (κ3) is 2.23. The first-order chi connectivity index (χ1) is 5.77. The number of rotatable bonds is 3.